The number of nitrogens with one attached hydrogen (secondary N) is 1. The highest BCUT2D eigenvalue weighted by atomic mass is 35.5. The van der Waals surface area contributed by atoms with Crippen molar-refractivity contribution in [1.29, 1.82) is 0 Å². The molecule has 1 aliphatic carbocycles. The highest BCUT2D eigenvalue weighted by Crippen LogP contribution is 2.35. The minimum atomic E-state index is 0.634. The maximum absolute atomic E-state index is 6.34. The minimum absolute atomic E-state index is 0.634. The number of benzene rings is 1. The van der Waals surface area contributed by atoms with Gasteiger partial charge in [0, 0.05) is 16.1 Å². The summed E-state index contributed by atoms with van der Waals surface area (Å²) in [5, 5.41) is 5.19. The highest BCUT2D eigenvalue weighted by Gasteiger charge is 2.29. The third-order valence-corrected chi connectivity index (χ3v) is 5.22. The average Bonchev–Trinajstić information content (AvgIpc) is 2.44. The molecule has 0 amide bonds. The van der Waals surface area contributed by atoms with Crippen LogP contribution in [0.15, 0.2) is 18.2 Å². The second-order valence-corrected chi connectivity index (χ2v) is 6.80. The zero-order valence-electron chi connectivity index (χ0n) is 12.5. The summed E-state index contributed by atoms with van der Waals surface area (Å²) in [7, 11) is 0. The van der Waals surface area contributed by atoms with Crippen LogP contribution in [0.1, 0.15) is 45.1 Å². The number of hydrogen-bond donors (Lipinski definition) is 1. The largest absolute Gasteiger partial charge is 0.314 e. The van der Waals surface area contributed by atoms with Crippen molar-refractivity contribution in [3.63, 3.8) is 0 Å². The van der Waals surface area contributed by atoms with E-state index < -0.39 is 0 Å². The molecule has 0 spiro atoms. The van der Waals surface area contributed by atoms with E-state index in [0.29, 0.717) is 12.0 Å². The van der Waals surface area contributed by atoms with Crippen molar-refractivity contribution in [3.05, 3.63) is 33.8 Å². The Balaban J connectivity index is 2.09. The molecule has 1 fully saturated rings. The van der Waals surface area contributed by atoms with Crippen LogP contribution < -0.4 is 5.32 Å². The molecule has 0 bridgehead atoms. The lowest BCUT2D eigenvalue weighted by molar-refractivity contribution is 0.200. The lowest BCUT2D eigenvalue weighted by Crippen LogP contribution is -2.41. The fourth-order valence-electron chi connectivity index (χ4n) is 3.46. The zero-order chi connectivity index (χ0) is 14.5. The first-order valence-electron chi connectivity index (χ1n) is 7.81. The average molecular weight is 314 g/mol. The van der Waals surface area contributed by atoms with Gasteiger partial charge in [-0.05, 0) is 61.8 Å². The summed E-state index contributed by atoms with van der Waals surface area (Å²) < 4.78 is 0. The van der Waals surface area contributed by atoms with Gasteiger partial charge >= 0.3 is 0 Å². The highest BCUT2D eigenvalue weighted by molar-refractivity contribution is 6.35. The van der Waals surface area contributed by atoms with Crippen LogP contribution in [-0.2, 0) is 6.42 Å². The zero-order valence-corrected chi connectivity index (χ0v) is 14.0. The molecule has 1 aromatic carbocycles. The quantitative estimate of drug-likeness (QED) is 0.773. The van der Waals surface area contributed by atoms with Gasteiger partial charge in [-0.3, -0.25) is 0 Å². The van der Waals surface area contributed by atoms with Crippen LogP contribution >= 0.6 is 23.2 Å². The lowest BCUT2D eigenvalue weighted by atomic mass is 9.74. The van der Waals surface area contributed by atoms with E-state index in [1.165, 1.54) is 31.2 Å². The Morgan fingerprint density at radius 3 is 2.65 bits per heavy atom. The lowest BCUT2D eigenvalue weighted by Gasteiger charge is -2.36. The normalized spacial score (nSPS) is 26.7. The minimum Gasteiger partial charge on any atom is -0.314 e. The molecule has 1 N–H and O–H groups in total. The monoisotopic (exact) mass is 313 g/mol. The molecule has 0 aliphatic heterocycles. The van der Waals surface area contributed by atoms with E-state index in [-0.39, 0.29) is 0 Å². The maximum atomic E-state index is 6.34. The van der Waals surface area contributed by atoms with Crippen LogP contribution in [0, 0.1) is 11.8 Å². The standard InChI is InChI=1S/C17H25Cl2N/c1-3-12-5-8-17(20-4-2)14(9-12)10-13-6-7-15(18)11-16(13)19/h6-7,11-12,14,17,20H,3-5,8-10H2,1-2H3. The van der Waals surface area contributed by atoms with Crippen LogP contribution in [0.3, 0.4) is 0 Å². The van der Waals surface area contributed by atoms with Crippen molar-refractivity contribution in [3.8, 4) is 0 Å². The molecule has 3 atom stereocenters. The molecular weight excluding hydrogens is 289 g/mol. The summed E-state index contributed by atoms with van der Waals surface area (Å²) in [6, 6.07) is 6.53. The van der Waals surface area contributed by atoms with E-state index in [1.807, 2.05) is 12.1 Å². The van der Waals surface area contributed by atoms with Crippen LogP contribution in [-0.4, -0.2) is 12.6 Å². The van der Waals surface area contributed by atoms with Crippen LogP contribution in [0.25, 0.3) is 0 Å². The predicted octanol–water partition coefficient (Wildman–Crippen LogP) is 5.34. The Morgan fingerprint density at radius 2 is 2.00 bits per heavy atom. The van der Waals surface area contributed by atoms with Crippen molar-refractivity contribution in [2.75, 3.05) is 6.54 Å². The van der Waals surface area contributed by atoms with Gasteiger partial charge in [-0.2, -0.15) is 0 Å². The number of halogens is 2. The topological polar surface area (TPSA) is 12.0 Å². The van der Waals surface area contributed by atoms with Crippen molar-refractivity contribution in [2.45, 2.75) is 52.0 Å². The first-order chi connectivity index (χ1) is 9.63. The molecule has 0 aromatic heterocycles. The first kappa shape index (κ1) is 16.1. The summed E-state index contributed by atoms with van der Waals surface area (Å²) in [6.07, 6.45) is 6.32. The third kappa shape index (κ3) is 4.13. The van der Waals surface area contributed by atoms with E-state index in [1.54, 1.807) is 0 Å². The number of hydrogen-bond acceptors (Lipinski definition) is 1. The summed E-state index contributed by atoms with van der Waals surface area (Å²) in [6.45, 7) is 5.55. The molecule has 112 valence electrons. The third-order valence-electron chi connectivity index (χ3n) is 4.63. The first-order valence-corrected chi connectivity index (χ1v) is 8.56. The van der Waals surface area contributed by atoms with Crippen molar-refractivity contribution in [1.82, 2.24) is 5.32 Å². The van der Waals surface area contributed by atoms with Crippen LogP contribution in [0.2, 0.25) is 10.0 Å². The van der Waals surface area contributed by atoms with Gasteiger partial charge in [-0.25, -0.2) is 0 Å². The smallest absolute Gasteiger partial charge is 0.0452 e. The van der Waals surface area contributed by atoms with Crippen molar-refractivity contribution in [2.24, 2.45) is 11.8 Å². The van der Waals surface area contributed by atoms with Gasteiger partial charge in [0.05, 0.1) is 0 Å². The number of rotatable bonds is 5. The molecule has 2 rings (SSSR count). The van der Waals surface area contributed by atoms with Gasteiger partial charge in [0.25, 0.3) is 0 Å². The Hall–Kier alpha value is -0.240. The van der Waals surface area contributed by atoms with E-state index >= 15 is 0 Å². The van der Waals surface area contributed by atoms with Crippen molar-refractivity contribution < 1.29 is 0 Å². The van der Waals surface area contributed by atoms with Gasteiger partial charge in [0.15, 0.2) is 0 Å². The molecule has 3 unspecified atom stereocenters. The maximum Gasteiger partial charge on any atom is 0.0452 e. The summed E-state index contributed by atoms with van der Waals surface area (Å²) in [5.74, 6) is 1.56. The molecule has 1 aromatic rings. The van der Waals surface area contributed by atoms with Gasteiger partial charge < -0.3 is 5.32 Å². The molecule has 0 radical (unpaired) electrons. The molecule has 20 heavy (non-hydrogen) atoms. The summed E-state index contributed by atoms with van der Waals surface area (Å²) >= 11 is 12.3. The van der Waals surface area contributed by atoms with E-state index in [4.69, 9.17) is 23.2 Å². The molecule has 1 nitrogen and oxygen atoms in total. The SMILES string of the molecule is CCNC1CCC(CC)CC1Cc1ccc(Cl)cc1Cl. The summed E-state index contributed by atoms with van der Waals surface area (Å²) in [5.41, 5.74) is 1.24. The second-order valence-electron chi connectivity index (χ2n) is 5.95. The Morgan fingerprint density at radius 1 is 1.20 bits per heavy atom. The summed E-state index contributed by atoms with van der Waals surface area (Å²) in [4.78, 5) is 0. The van der Waals surface area contributed by atoms with Crippen molar-refractivity contribution >= 4 is 23.2 Å². The van der Waals surface area contributed by atoms with E-state index in [2.05, 4.69) is 25.2 Å². The molecule has 0 saturated heterocycles. The second kappa shape index (κ2) is 7.68. The van der Waals surface area contributed by atoms with Crippen LogP contribution in [0.4, 0.5) is 0 Å². The molecule has 0 heterocycles. The predicted molar refractivity (Wildman–Crippen MR) is 88.8 cm³/mol. The van der Waals surface area contributed by atoms with Gasteiger partial charge in [0.1, 0.15) is 0 Å². The van der Waals surface area contributed by atoms with E-state index in [9.17, 15) is 0 Å². The molecule has 3 heteroatoms. The molecular formula is C17H25Cl2N. The fourth-order valence-corrected chi connectivity index (χ4v) is 3.94. The van der Waals surface area contributed by atoms with Crippen LogP contribution in [0.5, 0.6) is 0 Å². The Kier molecular flexibility index (Phi) is 6.20. The fraction of sp³-hybridized carbons (Fsp3) is 0.647. The Labute approximate surface area is 133 Å². The van der Waals surface area contributed by atoms with Gasteiger partial charge in [0.2, 0.25) is 0 Å². The van der Waals surface area contributed by atoms with Gasteiger partial charge in [-0.15, -0.1) is 0 Å². The Bertz CT molecular complexity index is 433. The van der Waals surface area contributed by atoms with E-state index in [0.717, 1.165) is 28.9 Å². The molecule has 1 saturated carbocycles. The molecule has 1 aliphatic rings. The van der Waals surface area contributed by atoms with Gasteiger partial charge in [-0.1, -0.05) is 49.5 Å².